The molecule has 0 aliphatic carbocycles. The standard InChI is InChI=1S/C21H23N3O/c1-16-7-6-8-18(13-16)14-21(25)22-12-11-19-15-24(17(2)23-19)20-9-4-3-5-10-20/h3-10,13,15H,11-12,14H2,1-2H3,(H,22,25). The molecule has 2 aromatic carbocycles. The van der Waals surface area contributed by atoms with Gasteiger partial charge in [-0.25, -0.2) is 4.98 Å². The molecule has 4 nitrogen and oxygen atoms in total. The van der Waals surface area contributed by atoms with E-state index in [0.29, 0.717) is 13.0 Å². The van der Waals surface area contributed by atoms with Crippen LogP contribution in [-0.4, -0.2) is 22.0 Å². The van der Waals surface area contributed by atoms with Crippen molar-refractivity contribution < 1.29 is 4.79 Å². The van der Waals surface area contributed by atoms with Crippen LogP contribution in [0.15, 0.2) is 60.8 Å². The summed E-state index contributed by atoms with van der Waals surface area (Å²) in [7, 11) is 0. The van der Waals surface area contributed by atoms with Crippen molar-refractivity contribution >= 4 is 5.91 Å². The van der Waals surface area contributed by atoms with E-state index in [2.05, 4.69) is 27.0 Å². The first-order valence-electron chi connectivity index (χ1n) is 8.54. The summed E-state index contributed by atoms with van der Waals surface area (Å²) in [6.45, 7) is 4.62. The molecular formula is C21H23N3O. The van der Waals surface area contributed by atoms with Crippen molar-refractivity contribution in [1.29, 1.82) is 0 Å². The fourth-order valence-electron chi connectivity index (χ4n) is 2.90. The van der Waals surface area contributed by atoms with E-state index in [1.54, 1.807) is 0 Å². The second-order valence-corrected chi connectivity index (χ2v) is 6.25. The molecule has 128 valence electrons. The molecule has 1 amide bonds. The second-order valence-electron chi connectivity index (χ2n) is 6.25. The van der Waals surface area contributed by atoms with Gasteiger partial charge in [0.25, 0.3) is 0 Å². The highest BCUT2D eigenvalue weighted by Crippen LogP contribution is 2.12. The van der Waals surface area contributed by atoms with Gasteiger partial charge in [0.1, 0.15) is 5.82 Å². The molecule has 0 aliphatic rings. The monoisotopic (exact) mass is 333 g/mol. The van der Waals surface area contributed by atoms with E-state index in [1.807, 2.05) is 62.5 Å². The highest BCUT2D eigenvalue weighted by atomic mass is 16.1. The van der Waals surface area contributed by atoms with Gasteiger partial charge in [-0.1, -0.05) is 48.0 Å². The molecule has 0 fully saturated rings. The lowest BCUT2D eigenvalue weighted by atomic mass is 10.1. The molecular weight excluding hydrogens is 310 g/mol. The number of carbonyl (C=O) groups excluding carboxylic acids is 1. The van der Waals surface area contributed by atoms with Gasteiger partial charge in [0, 0.05) is 24.8 Å². The molecule has 3 rings (SSSR count). The van der Waals surface area contributed by atoms with Crippen LogP contribution in [0.25, 0.3) is 5.69 Å². The van der Waals surface area contributed by atoms with Gasteiger partial charge < -0.3 is 9.88 Å². The first kappa shape index (κ1) is 17.0. The Morgan fingerprint density at radius 2 is 1.88 bits per heavy atom. The Morgan fingerprint density at radius 1 is 1.08 bits per heavy atom. The van der Waals surface area contributed by atoms with Crippen molar-refractivity contribution in [2.75, 3.05) is 6.54 Å². The fraction of sp³-hybridized carbons (Fsp3) is 0.238. The summed E-state index contributed by atoms with van der Waals surface area (Å²) in [5.41, 5.74) is 4.30. The van der Waals surface area contributed by atoms with Crippen molar-refractivity contribution in [2.45, 2.75) is 26.7 Å². The molecule has 1 heterocycles. The summed E-state index contributed by atoms with van der Waals surface area (Å²) in [4.78, 5) is 16.7. The predicted octanol–water partition coefficient (Wildman–Crippen LogP) is 3.39. The molecule has 0 saturated heterocycles. The average molecular weight is 333 g/mol. The van der Waals surface area contributed by atoms with Gasteiger partial charge >= 0.3 is 0 Å². The molecule has 3 aromatic rings. The minimum Gasteiger partial charge on any atom is -0.355 e. The molecule has 0 atom stereocenters. The van der Waals surface area contributed by atoms with Crippen LogP contribution < -0.4 is 5.32 Å². The highest BCUT2D eigenvalue weighted by molar-refractivity contribution is 5.78. The Hall–Kier alpha value is -2.88. The number of benzene rings is 2. The van der Waals surface area contributed by atoms with Gasteiger partial charge in [-0.3, -0.25) is 4.79 Å². The molecule has 0 radical (unpaired) electrons. The van der Waals surface area contributed by atoms with Crippen LogP contribution in [0.3, 0.4) is 0 Å². The highest BCUT2D eigenvalue weighted by Gasteiger charge is 2.07. The molecule has 0 bridgehead atoms. The fourth-order valence-corrected chi connectivity index (χ4v) is 2.90. The van der Waals surface area contributed by atoms with Crippen LogP contribution in [0.2, 0.25) is 0 Å². The lowest BCUT2D eigenvalue weighted by Crippen LogP contribution is -2.27. The van der Waals surface area contributed by atoms with E-state index in [0.717, 1.165) is 29.2 Å². The van der Waals surface area contributed by atoms with Crippen LogP contribution in [0, 0.1) is 13.8 Å². The van der Waals surface area contributed by atoms with Gasteiger partial charge in [-0.05, 0) is 31.5 Å². The normalized spacial score (nSPS) is 10.6. The smallest absolute Gasteiger partial charge is 0.224 e. The average Bonchev–Trinajstić information content (AvgIpc) is 2.96. The molecule has 0 saturated carbocycles. The van der Waals surface area contributed by atoms with E-state index in [1.165, 1.54) is 5.56 Å². The number of carbonyl (C=O) groups is 1. The number of rotatable bonds is 6. The zero-order valence-corrected chi connectivity index (χ0v) is 14.7. The van der Waals surface area contributed by atoms with Crippen LogP contribution in [0.5, 0.6) is 0 Å². The lowest BCUT2D eigenvalue weighted by molar-refractivity contribution is -0.120. The van der Waals surface area contributed by atoms with Gasteiger partial charge in [0.2, 0.25) is 5.91 Å². The lowest BCUT2D eigenvalue weighted by Gasteiger charge is -2.05. The number of hydrogen-bond acceptors (Lipinski definition) is 2. The molecule has 4 heteroatoms. The molecule has 1 N–H and O–H groups in total. The molecule has 0 unspecified atom stereocenters. The van der Waals surface area contributed by atoms with Crippen LogP contribution >= 0.6 is 0 Å². The summed E-state index contributed by atoms with van der Waals surface area (Å²) in [5.74, 6) is 0.997. The number of amides is 1. The first-order chi connectivity index (χ1) is 12.1. The SMILES string of the molecule is Cc1cccc(CC(=O)NCCc2cn(-c3ccccc3)c(C)n2)c1. The zero-order chi connectivity index (χ0) is 17.6. The number of aryl methyl sites for hydroxylation is 2. The third-order valence-corrected chi connectivity index (χ3v) is 4.12. The number of nitrogens with zero attached hydrogens (tertiary/aromatic N) is 2. The van der Waals surface area contributed by atoms with Crippen molar-refractivity contribution in [3.8, 4) is 5.69 Å². The van der Waals surface area contributed by atoms with Crippen LogP contribution in [0.4, 0.5) is 0 Å². The minimum absolute atomic E-state index is 0.0461. The Balaban J connectivity index is 1.53. The summed E-state index contributed by atoms with van der Waals surface area (Å²) < 4.78 is 2.07. The Kier molecular flexibility index (Phi) is 5.29. The summed E-state index contributed by atoms with van der Waals surface area (Å²) >= 11 is 0. The second kappa shape index (κ2) is 7.79. The molecule has 25 heavy (non-hydrogen) atoms. The minimum atomic E-state index is 0.0461. The quantitative estimate of drug-likeness (QED) is 0.751. The summed E-state index contributed by atoms with van der Waals surface area (Å²) in [6.07, 6.45) is 3.18. The van der Waals surface area contributed by atoms with E-state index in [9.17, 15) is 4.79 Å². The van der Waals surface area contributed by atoms with E-state index in [-0.39, 0.29) is 5.91 Å². The number of para-hydroxylation sites is 1. The van der Waals surface area contributed by atoms with Gasteiger partial charge in [0.05, 0.1) is 12.1 Å². The van der Waals surface area contributed by atoms with Gasteiger partial charge in [-0.2, -0.15) is 0 Å². The number of hydrogen-bond donors (Lipinski definition) is 1. The van der Waals surface area contributed by atoms with Gasteiger partial charge in [-0.15, -0.1) is 0 Å². The van der Waals surface area contributed by atoms with Crippen molar-refractivity contribution in [3.63, 3.8) is 0 Å². The zero-order valence-electron chi connectivity index (χ0n) is 14.7. The number of imidazole rings is 1. The van der Waals surface area contributed by atoms with Crippen molar-refractivity contribution in [2.24, 2.45) is 0 Å². The van der Waals surface area contributed by atoms with E-state index < -0.39 is 0 Å². The third kappa shape index (κ3) is 4.57. The molecule has 0 spiro atoms. The van der Waals surface area contributed by atoms with Crippen LogP contribution in [-0.2, 0) is 17.6 Å². The van der Waals surface area contributed by atoms with Crippen molar-refractivity contribution in [1.82, 2.24) is 14.9 Å². The topological polar surface area (TPSA) is 46.9 Å². The van der Waals surface area contributed by atoms with E-state index >= 15 is 0 Å². The van der Waals surface area contributed by atoms with Crippen LogP contribution in [0.1, 0.15) is 22.6 Å². The molecule has 0 aliphatic heterocycles. The first-order valence-corrected chi connectivity index (χ1v) is 8.54. The third-order valence-electron chi connectivity index (χ3n) is 4.12. The number of aromatic nitrogens is 2. The summed E-state index contributed by atoms with van der Waals surface area (Å²) in [5, 5.41) is 2.98. The summed E-state index contributed by atoms with van der Waals surface area (Å²) in [6, 6.07) is 18.2. The predicted molar refractivity (Wildman–Crippen MR) is 99.9 cm³/mol. The van der Waals surface area contributed by atoms with Crippen molar-refractivity contribution in [3.05, 3.63) is 83.4 Å². The maximum absolute atomic E-state index is 12.1. The Bertz CT molecular complexity index is 853. The Morgan fingerprint density at radius 3 is 2.64 bits per heavy atom. The van der Waals surface area contributed by atoms with E-state index in [4.69, 9.17) is 0 Å². The number of nitrogens with one attached hydrogen (secondary N) is 1. The largest absolute Gasteiger partial charge is 0.355 e. The molecule has 1 aromatic heterocycles. The maximum Gasteiger partial charge on any atom is 0.224 e. The van der Waals surface area contributed by atoms with Gasteiger partial charge in [0.15, 0.2) is 0 Å². The maximum atomic E-state index is 12.1. The Labute approximate surface area is 148 Å².